The van der Waals surface area contributed by atoms with Crippen LogP contribution in [-0.2, 0) is 20.7 Å². The number of nitrogens with zero attached hydrogens (tertiary/aromatic N) is 2. The Morgan fingerprint density at radius 1 is 0.896 bits per heavy atom. The lowest BCUT2D eigenvalue weighted by atomic mass is 9.80. The number of ether oxygens (including phenoxy) is 1. The van der Waals surface area contributed by atoms with Crippen LogP contribution in [0.1, 0.15) is 120 Å². The van der Waals surface area contributed by atoms with Crippen molar-refractivity contribution < 1.29 is 19.1 Å². The molecule has 0 spiro atoms. The first-order valence-electron chi connectivity index (χ1n) is 17.6. The molecule has 2 aromatic carbocycles. The van der Waals surface area contributed by atoms with Gasteiger partial charge in [-0.3, -0.25) is 14.4 Å². The molecule has 0 unspecified atom stereocenters. The van der Waals surface area contributed by atoms with E-state index in [0.717, 1.165) is 25.7 Å². The molecule has 0 bridgehead atoms. The van der Waals surface area contributed by atoms with Crippen molar-refractivity contribution in [3.63, 3.8) is 0 Å². The summed E-state index contributed by atoms with van der Waals surface area (Å²) >= 11 is 1.31. The Balaban J connectivity index is 1.80. The lowest BCUT2D eigenvalue weighted by Gasteiger charge is -2.37. The molecule has 7 nitrogen and oxygen atoms in total. The topological polar surface area (TPSA) is 88.6 Å². The van der Waals surface area contributed by atoms with Crippen molar-refractivity contribution in [1.82, 2.24) is 15.2 Å². The number of hydrogen-bond donors (Lipinski definition) is 1. The molecule has 0 saturated heterocycles. The average Bonchev–Trinajstić information content (AvgIpc) is 3.55. The molecule has 3 rings (SSSR count). The molecule has 0 radical (unpaired) electrons. The lowest BCUT2D eigenvalue weighted by molar-refractivity contribution is -0.149. The van der Waals surface area contributed by atoms with Gasteiger partial charge in [-0.1, -0.05) is 116 Å². The summed E-state index contributed by atoms with van der Waals surface area (Å²) in [4.78, 5) is 46.6. The van der Waals surface area contributed by atoms with Crippen molar-refractivity contribution in [2.24, 2.45) is 23.7 Å². The molecule has 0 aliphatic rings. The van der Waals surface area contributed by atoms with Crippen LogP contribution in [0.3, 0.4) is 0 Å². The van der Waals surface area contributed by atoms with E-state index in [1.54, 1.807) is 5.38 Å². The summed E-state index contributed by atoms with van der Waals surface area (Å²) in [5.74, 6) is 0.260. The van der Waals surface area contributed by atoms with E-state index in [1.165, 1.54) is 29.4 Å². The summed E-state index contributed by atoms with van der Waals surface area (Å²) in [5, 5.41) is 5.49. The summed E-state index contributed by atoms with van der Waals surface area (Å²) in [6.45, 7) is 16.4. The third-order valence-electron chi connectivity index (χ3n) is 9.45. The Kier molecular flexibility index (Phi) is 15.3. The fourth-order valence-corrected chi connectivity index (χ4v) is 7.38. The van der Waals surface area contributed by atoms with Crippen LogP contribution in [0, 0.1) is 23.7 Å². The molecule has 262 valence electrons. The summed E-state index contributed by atoms with van der Waals surface area (Å²) in [7, 11) is 1.88. The van der Waals surface area contributed by atoms with E-state index in [4.69, 9.17) is 9.72 Å². The Labute approximate surface area is 292 Å². The molecule has 0 saturated carbocycles. The molecule has 1 N–H and O–H groups in total. The number of thiazole rings is 1. The second-order valence-electron chi connectivity index (χ2n) is 14.2. The number of carbonyl (C=O) groups is 3. The quantitative estimate of drug-likeness (QED) is 0.136. The number of hydrogen-bond acceptors (Lipinski definition) is 6. The van der Waals surface area contributed by atoms with E-state index in [-0.39, 0.29) is 47.6 Å². The van der Waals surface area contributed by atoms with Gasteiger partial charge in [-0.05, 0) is 54.1 Å². The lowest BCUT2D eigenvalue weighted by Crippen LogP contribution is -2.46. The molecule has 1 aromatic heterocycles. The number of amides is 2. The molecule has 2 amide bonds. The first-order chi connectivity index (χ1) is 22.8. The predicted molar refractivity (Wildman–Crippen MR) is 196 cm³/mol. The maximum absolute atomic E-state index is 14.3. The van der Waals surface area contributed by atoms with Gasteiger partial charge >= 0.3 is 5.97 Å². The molecular formula is C40H57N3O4S. The second kappa shape index (κ2) is 18.9. The first-order valence-corrected chi connectivity index (χ1v) is 18.5. The third-order valence-corrected chi connectivity index (χ3v) is 10.4. The van der Waals surface area contributed by atoms with Crippen molar-refractivity contribution in [2.75, 3.05) is 7.05 Å². The Bertz CT molecular complexity index is 1420. The summed E-state index contributed by atoms with van der Waals surface area (Å²) < 4.78 is 5.84. The highest BCUT2D eigenvalue weighted by Gasteiger charge is 2.35. The minimum absolute atomic E-state index is 0.0395. The van der Waals surface area contributed by atoms with Crippen LogP contribution in [0.2, 0.25) is 0 Å². The predicted octanol–water partition coefficient (Wildman–Crippen LogP) is 8.86. The van der Waals surface area contributed by atoms with E-state index in [2.05, 4.69) is 78.0 Å². The molecular weight excluding hydrogens is 619 g/mol. The fraction of sp³-hybridized carbons (Fsp3) is 0.550. The molecule has 1 heterocycles. The summed E-state index contributed by atoms with van der Waals surface area (Å²) in [6.07, 6.45) is 2.94. The fourth-order valence-electron chi connectivity index (χ4n) is 6.54. The van der Waals surface area contributed by atoms with E-state index >= 15 is 0 Å². The van der Waals surface area contributed by atoms with Crippen molar-refractivity contribution in [2.45, 2.75) is 112 Å². The first kappa shape index (κ1) is 38.9. The van der Waals surface area contributed by atoms with Gasteiger partial charge in [-0.2, -0.15) is 0 Å². The number of nitrogens with one attached hydrogen (secondary N) is 1. The SMILES string of the molecule is CC[C@H](C)[C@H](C[C@@H](C)c1ccccc1)C(=O)N(C)[C@H](C[C@@H](OC(C)=O)c1nc(C(=O)N[C@@H](Cc2ccccc2)CC(C)C)cs1)C(C)C. The van der Waals surface area contributed by atoms with Crippen molar-refractivity contribution in [3.8, 4) is 0 Å². The molecule has 48 heavy (non-hydrogen) atoms. The maximum atomic E-state index is 14.3. The van der Waals surface area contributed by atoms with E-state index in [1.807, 2.05) is 48.3 Å². The Morgan fingerprint density at radius 3 is 2.08 bits per heavy atom. The van der Waals surface area contributed by atoms with Gasteiger partial charge < -0.3 is 15.0 Å². The second-order valence-corrected chi connectivity index (χ2v) is 15.1. The number of aromatic nitrogens is 1. The zero-order chi connectivity index (χ0) is 35.4. The van der Waals surface area contributed by atoms with Gasteiger partial charge in [0.15, 0.2) is 6.10 Å². The van der Waals surface area contributed by atoms with Crippen LogP contribution in [0.25, 0.3) is 0 Å². The largest absolute Gasteiger partial charge is 0.455 e. The van der Waals surface area contributed by atoms with Gasteiger partial charge in [0.2, 0.25) is 5.91 Å². The minimum atomic E-state index is -0.683. The van der Waals surface area contributed by atoms with Gasteiger partial charge in [-0.15, -0.1) is 11.3 Å². The number of carbonyl (C=O) groups excluding carboxylic acids is 3. The summed E-state index contributed by atoms with van der Waals surface area (Å²) in [5.41, 5.74) is 2.71. The Hall–Kier alpha value is -3.52. The highest BCUT2D eigenvalue weighted by Crippen LogP contribution is 2.34. The van der Waals surface area contributed by atoms with Gasteiger partial charge in [0.1, 0.15) is 10.7 Å². The van der Waals surface area contributed by atoms with E-state index < -0.39 is 12.1 Å². The Morgan fingerprint density at radius 2 is 1.52 bits per heavy atom. The zero-order valence-corrected chi connectivity index (χ0v) is 31.3. The molecule has 8 heteroatoms. The minimum Gasteiger partial charge on any atom is -0.455 e. The van der Waals surface area contributed by atoms with Crippen LogP contribution in [0.5, 0.6) is 0 Å². The van der Waals surface area contributed by atoms with Crippen LogP contribution in [0.4, 0.5) is 0 Å². The van der Waals surface area contributed by atoms with E-state index in [9.17, 15) is 14.4 Å². The van der Waals surface area contributed by atoms with Gasteiger partial charge in [0.05, 0.1) is 0 Å². The maximum Gasteiger partial charge on any atom is 0.303 e. The van der Waals surface area contributed by atoms with Crippen LogP contribution >= 0.6 is 11.3 Å². The number of esters is 1. The smallest absolute Gasteiger partial charge is 0.303 e. The summed E-state index contributed by atoms with van der Waals surface area (Å²) in [6, 6.07) is 20.3. The average molecular weight is 676 g/mol. The zero-order valence-electron chi connectivity index (χ0n) is 30.4. The normalized spacial score (nSPS) is 15.3. The monoisotopic (exact) mass is 675 g/mol. The number of rotatable bonds is 18. The van der Waals surface area contributed by atoms with Gasteiger partial charge in [-0.25, -0.2) is 4.98 Å². The molecule has 0 fully saturated rings. The molecule has 0 aliphatic heterocycles. The standard InChI is InChI=1S/C40H57N3O4S/c1-10-28(6)34(22-29(7)32-19-15-12-16-20-32)40(46)43(9)36(27(4)5)24-37(47-30(8)44)39-42-35(25-48-39)38(45)41-33(21-26(2)3)23-31-17-13-11-14-18-31/h11-20,25-29,33-34,36-37H,10,21-24H2,1-9H3,(H,41,45)/t28-,29+,33+,34-,36+,37+/m0/s1. The number of benzene rings is 2. The molecule has 6 atom stereocenters. The molecule has 0 aliphatic carbocycles. The van der Waals surface area contributed by atoms with E-state index in [0.29, 0.717) is 23.0 Å². The molecule has 3 aromatic rings. The third kappa shape index (κ3) is 11.6. The van der Waals surface area contributed by atoms with Gasteiger partial charge in [0.25, 0.3) is 5.91 Å². The van der Waals surface area contributed by atoms with Crippen LogP contribution < -0.4 is 5.32 Å². The van der Waals surface area contributed by atoms with Crippen molar-refractivity contribution in [3.05, 3.63) is 87.9 Å². The van der Waals surface area contributed by atoms with Gasteiger partial charge in [0, 0.05) is 43.8 Å². The van der Waals surface area contributed by atoms with Crippen molar-refractivity contribution in [1.29, 1.82) is 0 Å². The van der Waals surface area contributed by atoms with Crippen LogP contribution in [-0.4, -0.2) is 46.8 Å². The van der Waals surface area contributed by atoms with Crippen molar-refractivity contribution >= 4 is 29.1 Å². The van der Waals surface area contributed by atoms with Crippen LogP contribution in [0.15, 0.2) is 66.0 Å². The highest BCUT2D eigenvalue weighted by atomic mass is 32.1. The highest BCUT2D eigenvalue weighted by molar-refractivity contribution is 7.09.